The second-order valence-corrected chi connectivity index (χ2v) is 8.71. The number of ether oxygens (including phenoxy) is 1. The van der Waals surface area contributed by atoms with Crippen molar-refractivity contribution in [3.8, 4) is 5.69 Å². The molecule has 6 nitrogen and oxygen atoms in total. The number of hydrogen-bond acceptors (Lipinski definition) is 4. The summed E-state index contributed by atoms with van der Waals surface area (Å²) in [5, 5.41) is 5.20. The minimum absolute atomic E-state index is 0.0267. The van der Waals surface area contributed by atoms with Gasteiger partial charge in [-0.15, -0.1) is 5.10 Å². The fourth-order valence-corrected chi connectivity index (χ4v) is 4.14. The monoisotopic (exact) mass is 431 g/mol. The van der Waals surface area contributed by atoms with E-state index in [1.54, 1.807) is 34.8 Å². The largest absolute Gasteiger partial charge is 0.462 e. The van der Waals surface area contributed by atoms with Gasteiger partial charge in [0.2, 0.25) is 5.91 Å². The van der Waals surface area contributed by atoms with Crippen LogP contribution in [0.5, 0.6) is 0 Å². The summed E-state index contributed by atoms with van der Waals surface area (Å²) < 4.78 is 6.84. The van der Waals surface area contributed by atoms with Crippen LogP contribution in [0.1, 0.15) is 63.7 Å². The minimum atomic E-state index is -0.489. The molecule has 30 heavy (non-hydrogen) atoms. The van der Waals surface area contributed by atoms with Crippen molar-refractivity contribution in [2.24, 2.45) is 11.8 Å². The molecule has 0 aliphatic heterocycles. The standard InChI is InChI=1S/C23H30ClN3O3/c1-5-30-23(29)20-14-26(19-8-6-7-18(24)13-19)25-21(20)27(15(2)3)22(28)17-11-9-16(4)10-12-17/h6-8,13-17H,5,9-12H2,1-4H3. The fraction of sp³-hybridized carbons (Fsp3) is 0.522. The molecule has 0 atom stereocenters. The molecule has 0 radical (unpaired) electrons. The van der Waals surface area contributed by atoms with Crippen LogP contribution in [0, 0.1) is 11.8 Å². The Morgan fingerprint density at radius 1 is 1.27 bits per heavy atom. The number of benzene rings is 1. The van der Waals surface area contributed by atoms with Gasteiger partial charge in [-0.1, -0.05) is 24.6 Å². The van der Waals surface area contributed by atoms with Crippen molar-refractivity contribution in [2.75, 3.05) is 11.5 Å². The van der Waals surface area contributed by atoms with Crippen molar-refractivity contribution in [3.05, 3.63) is 41.0 Å². The first-order valence-corrected chi connectivity index (χ1v) is 11.0. The second-order valence-electron chi connectivity index (χ2n) is 8.27. The summed E-state index contributed by atoms with van der Waals surface area (Å²) >= 11 is 6.13. The number of anilines is 1. The van der Waals surface area contributed by atoms with E-state index in [2.05, 4.69) is 12.0 Å². The number of carbonyl (C=O) groups excluding carboxylic acids is 2. The van der Waals surface area contributed by atoms with Crippen LogP contribution in [-0.2, 0) is 9.53 Å². The predicted molar refractivity (Wildman–Crippen MR) is 118 cm³/mol. The quantitative estimate of drug-likeness (QED) is 0.584. The van der Waals surface area contributed by atoms with Gasteiger partial charge >= 0.3 is 5.97 Å². The maximum Gasteiger partial charge on any atom is 0.343 e. The van der Waals surface area contributed by atoms with E-state index >= 15 is 0 Å². The Balaban J connectivity index is 2.03. The van der Waals surface area contributed by atoms with Crippen LogP contribution in [0.15, 0.2) is 30.5 Å². The average molecular weight is 432 g/mol. The van der Waals surface area contributed by atoms with E-state index in [9.17, 15) is 9.59 Å². The summed E-state index contributed by atoms with van der Waals surface area (Å²) in [6.07, 6.45) is 5.44. The van der Waals surface area contributed by atoms with E-state index in [1.807, 2.05) is 26.0 Å². The molecule has 1 fully saturated rings. The van der Waals surface area contributed by atoms with E-state index in [-0.39, 0.29) is 30.0 Å². The van der Waals surface area contributed by atoms with Crippen molar-refractivity contribution < 1.29 is 14.3 Å². The normalized spacial score (nSPS) is 19.0. The smallest absolute Gasteiger partial charge is 0.343 e. The average Bonchev–Trinajstić information content (AvgIpc) is 3.13. The molecule has 0 unspecified atom stereocenters. The fourth-order valence-electron chi connectivity index (χ4n) is 3.95. The zero-order valence-electron chi connectivity index (χ0n) is 18.1. The van der Waals surface area contributed by atoms with Gasteiger partial charge in [0.25, 0.3) is 0 Å². The number of aromatic nitrogens is 2. The SMILES string of the molecule is CCOC(=O)c1cn(-c2cccc(Cl)c2)nc1N(C(=O)C1CCC(C)CC1)C(C)C. The minimum Gasteiger partial charge on any atom is -0.462 e. The lowest BCUT2D eigenvalue weighted by molar-refractivity contribution is -0.123. The van der Waals surface area contributed by atoms with Gasteiger partial charge in [0.15, 0.2) is 5.82 Å². The number of carbonyl (C=O) groups is 2. The lowest BCUT2D eigenvalue weighted by Gasteiger charge is -2.32. The van der Waals surface area contributed by atoms with Crippen LogP contribution < -0.4 is 4.90 Å². The van der Waals surface area contributed by atoms with Crippen LogP contribution in [0.2, 0.25) is 5.02 Å². The predicted octanol–water partition coefficient (Wildman–Crippen LogP) is 5.27. The molecule has 1 heterocycles. The summed E-state index contributed by atoms with van der Waals surface area (Å²) in [7, 11) is 0. The molecular weight excluding hydrogens is 402 g/mol. The molecule has 7 heteroatoms. The zero-order valence-corrected chi connectivity index (χ0v) is 18.9. The van der Waals surface area contributed by atoms with Gasteiger partial charge in [-0.25, -0.2) is 9.48 Å². The third kappa shape index (κ3) is 4.86. The third-order valence-corrected chi connectivity index (χ3v) is 5.85. The van der Waals surface area contributed by atoms with Gasteiger partial charge in [0.1, 0.15) is 5.56 Å². The molecule has 0 bridgehead atoms. The van der Waals surface area contributed by atoms with Crippen LogP contribution in [-0.4, -0.2) is 34.3 Å². The molecule has 1 saturated carbocycles. The molecule has 0 spiro atoms. The first-order valence-electron chi connectivity index (χ1n) is 10.7. The van der Waals surface area contributed by atoms with Gasteiger partial charge in [0.05, 0.1) is 12.3 Å². The Labute approximate surface area is 183 Å². The number of amides is 1. The van der Waals surface area contributed by atoms with Gasteiger partial charge in [-0.05, 0) is 70.6 Å². The van der Waals surface area contributed by atoms with Crippen molar-refractivity contribution >= 4 is 29.3 Å². The first kappa shape index (κ1) is 22.3. The highest BCUT2D eigenvalue weighted by molar-refractivity contribution is 6.30. The lowest BCUT2D eigenvalue weighted by atomic mass is 9.82. The molecule has 162 valence electrons. The van der Waals surface area contributed by atoms with Crippen molar-refractivity contribution in [1.82, 2.24) is 9.78 Å². The van der Waals surface area contributed by atoms with Crippen molar-refractivity contribution in [3.63, 3.8) is 0 Å². The molecule has 1 aliphatic carbocycles. The first-order chi connectivity index (χ1) is 14.3. The molecule has 1 amide bonds. The Kier molecular flexibility index (Phi) is 7.19. The van der Waals surface area contributed by atoms with Gasteiger partial charge in [-0.3, -0.25) is 9.69 Å². The number of rotatable bonds is 6. The molecule has 2 aromatic rings. The number of hydrogen-bond donors (Lipinski definition) is 0. The van der Waals surface area contributed by atoms with Crippen LogP contribution in [0.4, 0.5) is 5.82 Å². The van der Waals surface area contributed by atoms with Crippen LogP contribution >= 0.6 is 11.6 Å². The second kappa shape index (κ2) is 9.65. The Morgan fingerprint density at radius 3 is 2.57 bits per heavy atom. The Bertz CT molecular complexity index is 901. The molecule has 0 N–H and O–H groups in total. The van der Waals surface area contributed by atoms with Gasteiger partial charge in [0, 0.05) is 23.2 Å². The van der Waals surface area contributed by atoms with Crippen molar-refractivity contribution in [1.29, 1.82) is 0 Å². The molecule has 1 aliphatic rings. The molecule has 0 saturated heterocycles. The van der Waals surface area contributed by atoms with Gasteiger partial charge in [-0.2, -0.15) is 0 Å². The molecule has 1 aromatic carbocycles. The summed E-state index contributed by atoms with van der Waals surface area (Å²) in [6.45, 7) is 8.12. The van der Waals surface area contributed by atoms with E-state index in [0.717, 1.165) is 25.7 Å². The topological polar surface area (TPSA) is 64.4 Å². The zero-order chi connectivity index (χ0) is 21.8. The summed E-state index contributed by atoms with van der Waals surface area (Å²) in [5.74, 6) is 0.482. The van der Waals surface area contributed by atoms with E-state index in [1.165, 1.54) is 0 Å². The van der Waals surface area contributed by atoms with Crippen LogP contribution in [0.3, 0.4) is 0 Å². The van der Waals surface area contributed by atoms with Gasteiger partial charge < -0.3 is 4.74 Å². The number of nitrogens with zero attached hydrogens (tertiary/aromatic N) is 3. The third-order valence-electron chi connectivity index (χ3n) is 5.61. The summed E-state index contributed by atoms with van der Waals surface area (Å²) in [5.41, 5.74) is 0.991. The van der Waals surface area contributed by atoms with Crippen molar-refractivity contribution in [2.45, 2.75) is 59.4 Å². The maximum absolute atomic E-state index is 13.5. The summed E-state index contributed by atoms with van der Waals surface area (Å²) in [4.78, 5) is 27.8. The summed E-state index contributed by atoms with van der Waals surface area (Å²) in [6, 6.07) is 7.06. The Morgan fingerprint density at radius 2 is 1.97 bits per heavy atom. The highest BCUT2D eigenvalue weighted by atomic mass is 35.5. The highest BCUT2D eigenvalue weighted by Gasteiger charge is 2.34. The van der Waals surface area contributed by atoms with E-state index in [0.29, 0.717) is 22.4 Å². The molecular formula is C23H30ClN3O3. The Hall–Kier alpha value is -2.34. The maximum atomic E-state index is 13.5. The number of esters is 1. The number of halogens is 1. The highest BCUT2D eigenvalue weighted by Crippen LogP contribution is 2.33. The molecule has 1 aromatic heterocycles. The van der Waals surface area contributed by atoms with Crippen LogP contribution in [0.25, 0.3) is 5.69 Å². The molecule has 3 rings (SSSR count). The lowest BCUT2D eigenvalue weighted by Crippen LogP contribution is -2.43. The van der Waals surface area contributed by atoms with E-state index < -0.39 is 5.97 Å². The van der Waals surface area contributed by atoms with E-state index in [4.69, 9.17) is 16.3 Å².